The van der Waals surface area contributed by atoms with Crippen LogP contribution < -0.4 is 0 Å². The molecule has 2 radical (unpaired) electrons. The Kier molecular flexibility index (Phi) is 28.6. The van der Waals surface area contributed by atoms with Crippen LogP contribution in [0.1, 0.15) is 109 Å². The largest absolute Gasteiger partial charge is 2.00 e. The second-order valence-electron chi connectivity index (χ2n) is 34.4. The minimum Gasteiger partial charge on any atom is -0.327 e. The SMILES string of the molecule is CC(C)(C)c1ccc2c(c1)C(c1cccc(-c3[c-]cccc3)n1)(c1cccc(-c3[c-]cccc3)n1)c1cc(C(C)(C)C)ccc1-2.Cc1ccc(C)c(-c2cc[c-]c(-c3ccccn3)c2)c1.[Ir].[Ir].[Pt+2].[Pt+2].[c-]1ccc(-n2c3ccccc3c3ccccc32)cc1-c1ccccn1.[c-]1ccccc1-c1cccc(C2(c3cccc(-c4[c-]cccc4)n3)c3ccccc3-c3ccccc32)n1. The molecule has 11 heteroatoms. The normalized spacial score (nSPS) is 12.2. The maximum atomic E-state index is 5.48. The average molecular weight is 2410 g/mol. The van der Waals surface area contributed by atoms with Gasteiger partial charge in [0.25, 0.3) is 0 Å². The van der Waals surface area contributed by atoms with Crippen LogP contribution in [0.3, 0.4) is 0 Å². The molecule has 7 nitrogen and oxygen atoms in total. The summed E-state index contributed by atoms with van der Waals surface area (Å²) in [6.45, 7) is 18.0. The maximum Gasteiger partial charge on any atom is 2.00 e. The van der Waals surface area contributed by atoms with Gasteiger partial charge in [-0.1, -0.05) is 259 Å². The van der Waals surface area contributed by atoms with Gasteiger partial charge in [0, 0.05) is 63.4 Å². The van der Waals surface area contributed by atoms with Gasteiger partial charge in [-0.25, -0.2) is 0 Å². The zero-order chi connectivity index (χ0) is 86.6. The van der Waals surface area contributed by atoms with Gasteiger partial charge in [0.15, 0.2) is 0 Å². The average Bonchev–Trinajstić information content (AvgIpc) is 1.53. The van der Waals surface area contributed by atoms with Crippen LogP contribution in [0, 0.1) is 50.2 Å². The number of benzene rings is 13. The molecule has 0 amide bonds. The standard InChI is InChI=1S/C43H38N2.C35H22N2.C23H15N2.C19H16N.2Ir.2Pt/c1-41(2,3)31-23-25-33-34-26-24-32(42(4,5)6)28-36(34)43(35(33)27-31,39-21-13-19-37(44-39)29-15-9-7-10-16-29)40-22-14-20-38(45-40)30-17-11-8-12-18-30;1-3-13-25(14-4-1)31-21-11-23-33(36-31)35(34-24-12-22-32(37-34)26-15-5-2-6-16-26)29-19-9-7-17-27(29)28-18-8-10-20-30(28)35;1-3-13-22-19(10-1)20-11-2-4-14-23(20)25(22)18-9-7-8-17(16-18)21-12-5-6-15-24-21;1-14-9-10-15(2)18(12-14)16-6-5-7-17(13-16)19-8-3-4-11-20-19;;;;/h7-15,17,19-28H,1-6H3;1-13,15,17-24H;1-7,9-16H;3-6,8-13H,1-2H3;;;;/q2*-2;2*-1;;;2*+2. The van der Waals surface area contributed by atoms with Crippen LogP contribution in [0.2, 0.25) is 0 Å². The number of aryl methyl sites for hydroxylation is 2. The van der Waals surface area contributed by atoms with Gasteiger partial charge < -0.3 is 14.5 Å². The van der Waals surface area contributed by atoms with E-state index in [9.17, 15) is 0 Å². The summed E-state index contributed by atoms with van der Waals surface area (Å²) in [5.41, 5.74) is 34.6. The zero-order valence-electron chi connectivity index (χ0n) is 73.6. The Hall–Kier alpha value is -12.8. The minimum absolute atomic E-state index is 0. The Morgan fingerprint density at radius 1 is 0.267 bits per heavy atom. The number of fused-ring (bicyclic) bond motifs is 9. The molecular weight excluding hydrogens is 2310 g/mol. The summed E-state index contributed by atoms with van der Waals surface area (Å²) in [4.78, 5) is 30.4. The summed E-state index contributed by atoms with van der Waals surface area (Å²) >= 11 is 0. The predicted molar refractivity (Wildman–Crippen MR) is 519 cm³/mol. The van der Waals surface area contributed by atoms with Crippen LogP contribution in [0.25, 0.3) is 128 Å². The Morgan fingerprint density at radius 3 is 1.02 bits per heavy atom. The molecule has 0 atom stereocenters. The third-order valence-corrected chi connectivity index (χ3v) is 24.3. The van der Waals surface area contributed by atoms with Crippen molar-refractivity contribution in [1.29, 1.82) is 0 Å². The first-order valence-electron chi connectivity index (χ1n) is 43.3. The van der Waals surface area contributed by atoms with E-state index in [0.29, 0.717) is 0 Å². The second-order valence-corrected chi connectivity index (χ2v) is 34.4. The fourth-order valence-electron chi connectivity index (χ4n) is 18.1. The van der Waals surface area contributed by atoms with Crippen LogP contribution >= 0.6 is 0 Å². The fraction of sp³-hybridized carbons (Fsp3) is 0.100. The molecule has 0 N–H and O–H groups in total. The molecule has 2 aliphatic rings. The zero-order valence-corrected chi connectivity index (χ0v) is 82.9. The Morgan fingerprint density at radius 2 is 0.618 bits per heavy atom. The van der Waals surface area contributed by atoms with E-state index in [1.54, 1.807) is 0 Å². The predicted octanol–water partition coefficient (Wildman–Crippen LogP) is 28.6. The summed E-state index contributed by atoms with van der Waals surface area (Å²) in [5.74, 6) is 0. The van der Waals surface area contributed by atoms with Crippen molar-refractivity contribution in [3.63, 3.8) is 0 Å². The van der Waals surface area contributed by atoms with E-state index in [0.717, 1.165) is 96.0 Å². The summed E-state index contributed by atoms with van der Waals surface area (Å²) in [6.07, 6.45) is 3.63. The number of hydrogen-bond donors (Lipinski definition) is 0. The third kappa shape index (κ3) is 18.5. The molecule has 0 unspecified atom stereocenters. The first-order valence-corrected chi connectivity index (χ1v) is 43.3. The molecule has 2 aliphatic carbocycles. The number of hydrogen-bond acceptors (Lipinski definition) is 6. The van der Waals surface area contributed by atoms with Gasteiger partial charge in [0.2, 0.25) is 0 Å². The smallest absolute Gasteiger partial charge is 0.327 e. The number of para-hydroxylation sites is 2. The number of rotatable bonds is 12. The molecule has 0 aliphatic heterocycles. The molecule has 7 aromatic heterocycles. The van der Waals surface area contributed by atoms with Gasteiger partial charge in [-0.15, -0.1) is 209 Å². The van der Waals surface area contributed by atoms with Crippen molar-refractivity contribution in [2.24, 2.45) is 0 Å². The van der Waals surface area contributed by atoms with E-state index in [4.69, 9.17) is 19.9 Å². The molecule has 13 aromatic carbocycles. The van der Waals surface area contributed by atoms with Crippen molar-refractivity contribution >= 4 is 21.8 Å². The topological polar surface area (TPSA) is 82.3 Å². The van der Waals surface area contributed by atoms with Crippen LogP contribution in [0.4, 0.5) is 0 Å². The van der Waals surface area contributed by atoms with Crippen molar-refractivity contribution in [3.05, 3.63) is 510 Å². The number of aromatic nitrogens is 7. The van der Waals surface area contributed by atoms with E-state index in [1.165, 1.54) is 99.7 Å². The Balaban J connectivity index is 0.000000138. The monoisotopic (exact) mass is 2410 g/mol. The van der Waals surface area contributed by atoms with Crippen molar-refractivity contribution in [2.45, 2.75) is 77.0 Å². The van der Waals surface area contributed by atoms with E-state index in [1.807, 2.05) is 134 Å². The second kappa shape index (κ2) is 40.3. The Bertz CT molecular complexity index is 7050. The van der Waals surface area contributed by atoms with Gasteiger partial charge in [0.1, 0.15) is 10.8 Å². The van der Waals surface area contributed by atoms with E-state index in [-0.39, 0.29) is 93.2 Å². The van der Waals surface area contributed by atoms with E-state index < -0.39 is 10.8 Å². The van der Waals surface area contributed by atoms with Crippen LogP contribution in [-0.4, -0.2) is 34.5 Å². The van der Waals surface area contributed by atoms with Crippen molar-refractivity contribution in [1.82, 2.24) is 34.5 Å². The molecule has 131 heavy (non-hydrogen) atoms. The summed E-state index contributed by atoms with van der Waals surface area (Å²) in [5, 5.41) is 2.54. The molecule has 0 saturated heterocycles. The quantitative estimate of drug-likeness (QED) is 0.113. The molecule has 0 spiro atoms. The fourth-order valence-corrected chi connectivity index (χ4v) is 18.1. The molecule has 7 heterocycles. The first kappa shape index (κ1) is 92.9. The Labute approximate surface area is 825 Å². The van der Waals surface area contributed by atoms with Crippen LogP contribution in [0.15, 0.2) is 407 Å². The molecule has 646 valence electrons. The van der Waals surface area contributed by atoms with Crippen LogP contribution in [-0.2, 0) is 104 Å². The number of nitrogens with zero attached hydrogens (tertiary/aromatic N) is 7. The van der Waals surface area contributed by atoms with Gasteiger partial charge >= 0.3 is 42.1 Å². The molecule has 20 aromatic rings. The molecule has 22 rings (SSSR count). The summed E-state index contributed by atoms with van der Waals surface area (Å²) in [6, 6.07) is 157. The molecule has 0 saturated carbocycles. The van der Waals surface area contributed by atoms with Gasteiger partial charge in [-0.2, -0.15) is 0 Å². The molecule has 0 fully saturated rings. The number of pyridine rings is 6. The molecular formula is C120H91Ir2N7Pt2-2. The van der Waals surface area contributed by atoms with E-state index in [2.05, 4.69) is 379 Å². The van der Waals surface area contributed by atoms with Crippen molar-refractivity contribution < 1.29 is 82.3 Å². The van der Waals surface area contributed by atoms with E-state index >= 15 is 0 Å². The minimum atomic E-state index is -0.747. The molecule has 0 bridgehead atoms. The van der Waals surface area contributed by atoms with Crippen molar-refractivity contribution in [2.75, 3.05) is 0 Å². The van der Waals surface area contributed by atoms with Gasteiger partial charge in [0.05, 0.1) is 33.8 Å². The maximum absolute atomic E-state index is 5.48. The van der Waals surface area contributed by atoms with Crippen LogP contribution in [0.5, 0.6) is 0 Å². The van der Waals surface area contributed by atoms with Gasteiger partial charge in [-0.3, -0.25) is 19.9 Å². The first-order chi connectivity index (χ1) is 62.1. The summed E-state index contributed by atoms with van der Waals surface area (Å²) in [7, 11) is 0. The van der Waals surface area contributed by atoms with Gasteiger partial charge in [-0.05, 0) is 180 Å². The summed E-state index contributed by atoms with van der Waals surface area (Å²) < 4.78 is 2.31. The third-order valence-electron chi connectivity index (χ3n) is 24.3. The van der Waals surface area contributed by atoms with Crippen molar-refractivity contribution in [3.8, 4) is 107 Å².